The molecule has 3 aliphatic heterocycles. The zero-order valence-corrected chi connectivity index (χ0v) is 11.6. The Hall–Kier alpha value is -1.35. The fraction of sp³-hybridized carbons (Fsp3) is 0.588. The molecule has 3 aliphatic rings. The van der Waals surface area contributed by atoms with Crippen molar-refractivity contribution in [3.8, 4) is 5.75 Å². The molecule has 1 aromatic carbocycles. The first kappa shape index (κ1) is 12.4. The number of carbonyl (C=O) groups is 1. The third-order valence-electron chi connectivity index (χ3n) is 4.93. The van der Waals surface area contributed by atoms with Crippen LogP contribution in [0, 0.1) is 5.92 Å². The van der Waals surface area contributed by atoms with Gasteiger partial charge in [-0.2, -0.15) is 0 Å². The van der Waals surface area contributed by atoms with Gasteiger partial charge in [-0.15, -0.1) is 0 Å². The van der Waals surface area contributed by atoms with Crippen LogP contribution in [0.3, 0.4) is 0 Å². The van der Waals surface area contributed by atoms with Crippen LogP contribution in [-0.4, -0.2) is 24.6 Å². The van der Waals surface area contributed by atoms with Gasteiger partial charge in [-0.25, -0.2) is 0 Å². The van der Waals surface area contributed by atoms with Gasteiger partial charge in [0.2, 0.25) is 0 Å². The highest BCUT2D eigenvalue weighted by molar-refractivity contribution is 5.82. The van der Waals surface area contributed by atoms with Crippen molar-refractivity contribution in [2.24, 2.45) is 5.92 Å². The van der Waals surface area contributed by atoms with Gasteiger partial charge in [-0.05, 0) is 42.9 Å². The molecule has 0 saturated carbocycles. The second-order valence-corrected chi connectivity index (χ2v) is 6.22. The Labute approximate surface area is 119 Å². The van der Waals surface area contributed by atoms with Crippen molar-refractivity contribution < 1.29 is 14.3 Å². The monoisotopic (exact) mass is 272 g/mol. The number of fused-ring (bicyclic) bond motifs is 3. The summed E-state index contributed by atoms with van der Waals surface area (Å²) in [6.07, 6.45) is 6.28. The second-order valence-electron chi connectivity index (χ2n) is 6.22. The Bertz CT molecular complexity index is 537. The number of ether oxygens (including phenoxy) is 2. The molecule has 3 nitrogen and oxygen atoms in total. The summed E-state index contributed by atoms with van der Waals surface area (Å²) in [5.41, 5.74) is 2.55. The Balaban J connectivity index is 1.37. The minimum atomic E-state index is 0.173. The fourth-order valence-electron chi connectivity index (χ4n) is 3.83. The average Bonchev–Trinajstić information content (AvgIpc) is 3.19. The van der Waals surface area contributed by atoms with Crippen molar-refractivity contribution in [3.63, 3.8) is 0 Å². The van der Waals surface area contributed by atoms with Gasteiger partial charge in [-0.3, -0.25) is 4.79 Å². The molecule has 0 amide bonds. The van der Waals surface area contributed by atoms with Gasteiger partial charge in [0.15, 0.2) is 0 Å². The average molecular weight is 272 g/mol. The van der Waals surface area contributed by atoms with E-state index in [0.717, 1.165) is 44.5 Å². The lowest BCUT2D eigenvalue weighted by Crippen LogP contribution is -2.25. The maximum atomic E-state index is 12.3. The molecule has 0 aromatic heterocycles. The number of benzene rings is 1. The molecular formula is C17H20O3. The SMILES string of the molecule is O=C(CCc1ccc2c(c1)CCO2)C1CC2CCC1O2. The summed E-state index contributed by atoms with van der Waals surface area (Å²) in [6.45, 7) is 0.792. The molecule has 20 heavy (non-hydrogen) atoms. The number of rotatable bonds is 4. The van der Waals surface area contributed by atoms with E-state index in [4.69, 9.17) is 9.47 Å². The van der Waals surface area contributed by atoms with E-state index < -0.39 is 0 Å². The van der Waals surface area contributed by atoms with Crippen LogP contribution >= 0.6 is 0 Å². The molecule has 3 heteroatoms. The largest absolute Gasteiger partial charge is 0.493 e. The molecule has 3 unspecified atom stereocenters. The third-order valence-corrected chi connectivity index (χ3v) is 4.93. The van der Waals surface area contributed by atoms with Crippen LogP contribution < -0.4 is 4.74 Å². The number of carbonyl (C=O) groups excluding carboxylic acids is 1. The van der Waals surface area contributed by atoms with E-state index in [1.165, 1.54) is 11.1 Å². The van der Waals surface area contributed by atoms with Crippen LogP contribution in [0.5, 0.6) is 5.75 Å². The summed E-state index contributed by atoms with van der Waals surface area (Å²) in [5.74, 6) is 1.59. The molecule has 2 bridgehead atoms. The van der Waals surface area contributed by atoms with Gasteiger partial charge in [0, 0.05) is 18.8 Å². The first-order valence-electron chi connectivity index (χ1n) is 7.72. The molecule has 0 spiro atoms. The van der Waals surface area contributed by atoms with E-state index in [-0.39, 0.29) is 12.0 Å². The zero-order chi connectivity index (χ0) is 13.5. The highest BCUT2D eigenvalue weighted by atomic mass is 16.5. The third kappa shape index (κ3) is 2.14. The zero-order valence-electron chi connectivity index (χ0n) is 11.6. The van der Waals surface area contributed by atoms with Crippen molar-refractivity contribution in [2.45, 2.75) is 50.7 Å². The molecule has 0 N–H and O–H groups in total. The molecule has 0 aliphatic carbocycles. The lowest BCUT2D eigenvalue weighted by Gasteiger charge is -2.17. The number of Topliss-reactive ketones (excluding diaryl/α,β-unsaturated/α-hetero) is 1. The first-order valence-corrected chi connectivity index (χ1v) is 7.72. The van der Waals surface area contributed by atoms with Crippen molar-refractivity contribution in [3.05, 3.63) is 29.3 Å². The van der Waals surface area contributed by atoms with E-state index in [1.54, 1.807) is 0 Å². The van der Waals surface area contributed by atoms with Gasteiger partial charge in [0.05, 0.1) is 18.8 Å². The molecule has 3 atom stereocenters. The summed E-state index contributed by atoms with van der Waals surface area (Å²) >= 11 is 0. The normalized spacial score (nSPS) is 30.3. The maximum absolute atomic E-state index is 12.3. The molecule has 2 fully saturated rings. The van der Waals surface area contributed by atoms with E-state index in [1.807, 2.05) is 6.07 Å². The molecule has 3 heterocycles. The number of ketones is 1. The molecule has 1 aromatic rings. The summed E-state index contributed by atoms with van der Waals surface area (Å²) in [4.78, 5) is 12.3. The van der Waals surface area contributed by atoms with E-state index >= 15 is 0 Å². The fourth-order valence-corrected chi connectivity index (χ4v) is 3.83. The van der Waals surface area contributed by atoms with E-state index in [9.17, 15) is 4.79 Å². The number of aryl methyl sites for hydroxylation is 1. The Kier molecular flexibility index (Phi) is 3.03. The van der Waals surface area contributed by atoms with E-state index in [0.29, 0.717) is 18.3 Å². The number of hydrogen-bond acceptors (Lipinski definition) is 3. The quantitative estimate of drug-likeness (QED) is 0.845. The van der Waals surface area contributed by atoms with Crippen LogP contribution in [0.1, 0.15) is 36.8 Å². The lowest BCUT2D eigenvalue weighted by molar-refractivity contribution is -0.124. The predicted molar refractivity (Wildman–Crippen MR) is 75.0 cm³/mol. The van der Waals surface area contributed by atoms with E-state index in [2.05, 4.69) is 12.1 Å². The smallest absolute Gasteiger partial charge is 0.138 e. The Morgan fingerprint density at radius 1 is 1.30 bits per heavy atom. The molecule has 4 rings (SSSR count). The van der Waals surface area contributed by atoms with Crippen molar-refractivity contribution in [2.75, 3.05) is 6.61 Å². The van der Waals surface area contributed by atoms with Crippen molar-refractivity contribution >= 4 is 5.78 Å². The molecule has 106 valence electrons. The summed E-state index contributed by atoms with van der Waals surface area (Å²) < 4.78 is 11.3. The van der Waals surface area contributed by atoms with Gasteiger partial charge in [0.1, 0.15) is 11.5 Å². The topological polar surface area (TPSA) is 35.5 Å². The predicted octanol–water partition coefficient (Wildman–Crippen LogP) is 2.69. The second kappa shape index (κ2) is 4.88. The van der Waals surface area contributed by atoms with Gasteiger partial charge >= 0.3 is 0 Å². The van der Waals surface area contributed by atoms with Gasteiger partial charge in [0.25, 0.3) is 0 Å². The van der Waals surface area contributed by atoms with Gasteiger partial charge in [-0.1, -0.05) is 12.1 Å². The Morgan fingerprint density at radius 2 is 2.25 bits per heavy atom. The summed E-state index contributed by atoms with van der Waals surface area (Å²) in [6, 6.07) is 6.34. The summed E-state index contributed by atoms with van der Waals surface area (Å²) in [5, 5.41) is 0. The standard InChI is InChI=1S/C17H20O3/c18-15(14-10-13-3-6-17(14)20-13)4-1-11-2-5-16-12(9-11)7-8-19-16/h2,5,9,13-14,17H,1,3-4,6-8,10H2. The minimum absolute atomic E-state index is 0.173. The summed E-state index contributed by atoms with van der Waals surface area (Å²) in [7, 11) is 0. The van der Waals surface area contributed by atoms with Crippen molar-refractivity contribution in [1.29, 1.82) is 0 Å². The molecule has 0 radical (unpaired) electrons. The van der Waals surface area contributed by atoms with Crippen molar-refractivity contribution in [1.82, 2.24) is 0 Å². The van der Waals surface area contributed by atoms with Crippen LogP contribution in [0.15, 0.2) is 18.2 Å². The van der Waals surface area contributed by atoms with Crippen LogP contribution in [0.2, 0.25) is 0 Å². The number of hydrogen-bond donors (Lipinski definition) is 0. The lowest BCUT2D eigenvalue weighted by atomic mass is 9.84. The molecule has 2 saturated heterocycles. The molecular weight excluding hydrogens is 252 g/mol. The van der Waals surface area contributed by atoms with Crippen LogP contribution in [0.25, 0.3) is 0 Å². The van der Waals surface area contributed by atoms with Crippen LogP contribution in [-0.2, 0) is 22.4 Å². The minimum Gasteiger partial charge on any atom is -0.493 e. The van der Waals surface area contributed by atoms with Gasteiger partial charge < -0.3 is 9.47 Å². The highest BCUT2D eigenvalue weighted by Gasteiger charge is 2.43. The first-order chi connectivity index (χ1) is 9.79. The Morgan fingerprint density at radius 3 is 3.05 bits per heavy atom. The highest BCUT2D eigenvalue weighted by Crippen LogP contribution is 2.39. The maximum Gasteiger partial charge on any atom is 0.138 e. The van der Waals surface area contributed by atoms with Crippen LogP contribution in [0.4, 0.5) is 0 Å².